The summed E-state index contributed by atoms with van der Waals surface area (Å²) in [6.07, 6.45) is 0. The van der Waals surface area contributed by atoms with E-state index in [1.807, 2.05) is 45.2 Å². The molecule has 0 bridgehead atoms. The third-order valence-corrected chi connectivity index (χ3v) is 5.22. The molecule has 146 valence electrons. The predicted molar refractivity (Wildman–Crippen MR) is 116 cm³/mol. The zero-order valence-electron chi connectivity index (χ0n) is 17.2. The maximum Gasteiger partial charge on any atom is 0.241 e. The quantitative estimate of drug-likeness (QED) is 0.664. The first kappa shape index (κ1) is 19.9. The van der Waals surface area contributed by atoms with Crippen molar-refractivity contribution in [2.24, 2.45) is 0 Å². The van der Waals surface area contributed by atoms with Crippen molar-refractivity contribution in [2.45, 2.75) is 33.4 Å². The standard InChI is InChI=1S/C24H28N2O2/c1-16-6-11-23(17(2)12-16)25-24(27)18(3)26(4)15-19-7-8-21-14-22(28-5)10-9-20(21)13-19/h6-14,18H,15H2,1-5H3,(H,25,27)/t18-/m0/s1. The molecule has 0 aliphatic heterocycles. The van der Waals surface area contributed by atoms with Crippen LogP contribution < -0.4 is 10.1 Å². The van der Waals surface area contributed by atoms with Gasteiger partial charge < -0.3 is 10.1 Å². The fourth-order valence-electron chi connectivity index (χ4n) is 3.31. The predicted octanol–water partition coefficient (Wildman–Crippen LogP) is 4.92. The lowest BCUT2D eigenvalue weighted by molar-refractivity contribution is -0.120. The molecule has 0 aliphatic carbocycles. The van der Waals surface area contributed by atoms with E-state index in [1.54, 1.807) is 7.11 Å². The van der Waals surface area contributed by atoms with E-state index >= 15 is 0 Å². The van der Waals surface area contributed by atoms with Crippen LogP contribution in [0.25, 0.3) is 10.8 Å². The number of benzene rings is 3. The number of nitrogens with one attached hydrogen (secondary N) is 1. The van der Waals surface area contributed by atoms with Crippen LogP contribution in [0.3, 0.4) is 0 Å². The van der Waals surface area contributed by atoms with Crippen LogP contribution in [0.1, 0.15) is 23.6 Å². The van der Waals surface area contributed by atoms with Gasteiger partial charge in [-0.1, -0.05) is 35.9 Å². The number of hydrogen-bond donors (Lipinski definition) is 1. The summed E-state index contributed by atoms with van der Waals surface area (Å²) in [7, 11) is 3.65. The summed E-state index contributed by atoms with van der Waals surface area (Å²) in [5.74, 6) is 0.856. The minimum absolute atomic E-state index is 0.0000198. The van der Waals surface area contributed by atoms with Crippen molar-refractivity contribution in [3.8, 4) is 5.75 Å². The van der Waals surface area contributed by atoms with Crippen LogP contribution in [0.2, 0.25) is 0 Å². The lowest BCUT2D eigenvalue weighted by Gasteiger charge is -2.24. The van der Waals surface area contributed by atoms with E-state index < -0.39 is 0 Å². The van der Waals surface area contributed by atoms with Gasteiger partial charge in [0, 0.05) is 12.2 Å². The van der Waals surface area contributed by atoms with Gasteiger partial charge in [0.15, 0.2) is 0 Å². The molecule has 4 heteroatoms. The minimum Gasteiger partial charge on any atom is -0.497 e. The van der Waals surface area contributed by atoms with E-state index in [4.69, 9.17) is 4.74 Å². The Morgan fingerprint density at radius 1 is 1.04 bits per heavy atom. The van der Waals surface area contributed by atoms with Gasteiger partial charge in [-0.2, -0.15) is 0 Å². The Kier molecular flexibility index (Phi) is 6.00. The highest BCUT2D eigenvalue weighted by molar-refractivity contribution is 5.95. The first-order valence-electron chi connectivity index (χ1n) is 9.52. The van der Waals surface area contributed by atoms with Gasteiger partial charge in [-0.25, -0.2) is 0 Å². The van der Waals surface area contributed by atoms with E-state index in [9.17, 15) is 4.79 Å². The normalized spacial score (nSPS) is 12.2. The van der Waals surface area contributed by atoms with Gasteiger partial charge >= 0.3 is 0 Å². The lowest BCUT2D eigenvalue weighted by atomic mass is 10.1. The summed E-state index contributed by atoms with van der Waals surface area (Å²) in [5.41, 5.74) is 4.31. The maximum atomic E-state index is 12.7. The van der Waals surface area contributed by atoms with Crippen molar-refractivity contribution in [3.05, 3.63) is 71.3 Å². The number of methoxy groups -OCH3 is 1. The van der Waals surface area contributed by atoms with Gasteiger partial charge in [-0.15, -0.1) is 0 Å². The highest BCUT2D eigenvalue weighted by atomic mass is 16.5. The molecule has 4 nitrogen and oxygen atoms in total. The minimum atomic E-state index is -0.243. The van der Waals surface area contributed by atoms with Crippen LogP contribution in [-0.4, -0.2) is 31.0 Å². The number of likely N-dealkylation sites (N-methyl/N-ethyl adjacent to an activating group) is 1. The number of carbonyl (C=O) groups excluding carboxylic acids is 1. The van der Waals surface area contributed by atoms with E-state index in [-0.39, 0.29) is 11.9 Å². The number of carbonyl (C=O) groups is 1. The number of anilines is 1. The van der Waals surface area contributed by atoms with Gasteiger partial charge in [0.05, 0.1) is 13.2 Å². The van der Waals surface area contributed by atoms with E-state index in [0.29, 0.717) is 6.54 Å². The third-order valence-electron chi connectivity index (χ3n) is 5.22. The molecule has 0 aromatic heterocycles. The third kappa shape index (κ3) is 4.52. The molecule has 3 rings (SSSR count). The van der Waals surface area contributed by atoms with Crippen molar-refractivity contribution in [1.29, 1.82) is 0 Å². The molecule has 1 amide bonds. The molecule has 0 heterocycles. The largest absolute Gasteiger partial charge is 0.497 e. The fourth-order valence-corrected chi connectivity index (χ4v) is 3.31. The second-order valence-corrected chi connectivity index (χ2v) is 7.45. The van der Waals surface area contributed by atoms with Crippen LogP contribution in [0.5, 0.6) is 5.75 Å². The molecule has 1 atom stereocenters. The molecule has 0 unspecified atom stereocenters. The van der Waals surface area contributed by atoms with Crippen LogP contribution in [0.15, 0.2) is 54.6 Å². The Balaban J connectivity index is 1.68. The van der Waals surface area contributed by atoms with Crippen molar-refractivity contribution >= 4 is 22.4 Å². The first-order valence-corrected chi connectivity index (χ1v) is 9.52. The smallest absolute Gasteiger partial charge is 0.241 e. The Labute approximate surface area is 167 Å². The summed E-state index contributed by atoms with van der Waals surface area (Å²) in [4.78, 5) is 14.8. The van der Waals surface area contributed by atoms with Crippen LogP contribution in [0.4, 0.5) is 5.69 Å². The highest BCUT2D eigenvalue weighted by Gasteiger charge is 2.19. The summed E-state index contributed by atoms with van der Waals surface area (Å²) < 4.78 is 5.29. The number of ether oxygens (including phenoxy) is 1. The van der Waals surface area contributed by atoms with Crippen LogP contribution >= 0.6 is 0 Å². The average molecular weight is 377 g/mol. The molecule has 0 saturated heterocycles. The van der Waals surface area contributed by atoms with Gasteiger partial charge in [-0.05, 0) is 74.0 Å². The van der Waals surface area contributed by atoms with E-state index in [2.05, 4.69) is 47.5 Å². The van der Waals surface area contributed by atoms with Gasteiger partial charge in [0.1, 0.15) is 5.75 Å². The average Bonchev–Trinajstić information content (AvgIpc) is 2.68. The lowest BCUT2D eigenvalue weighted by Crippen LogP contribution is -2.39. The zero-order valence-corrected chi connectivity index (χ0v) is 17.2. The first-order chi connectivity index (χ1) is 13.4. The number of aryl methyl sites for hydroxylation is 2. The summed E-state index contributed by atoms with van der Waals surface area (Å²) in [5, 5.41) is 5.36. The zero-order chi connectivity index (χ0) is 20.3. The Bertz CT molecular complexity index is 997. The molecule has 0 spiro atoms. The summed E-state index contributed by atoms with van der Waals surface area (Å²) in [6, 6.07) is 18.2. The molecule has 1 N–H and O–H groups in total. The van der Waals surface area contributed by atoms with E-state index in [1.165, 1.54) is 16.5 Å². The second-order valence-electron chi connectivity index (χ2n) is 7.45. The van der Waals surface area contributed by atoms with Gasteiger partial charge in [-0.3, -0.25) is 9.69 Å². The Morgan fingerprint density at radius 2 is 1.75 bits per heavy atom. The number of fused-ring (bicyclic) bond motifs is 1. The number of nitrogens with zero attached hydrogens (tertiary/aromatic N) is 1. The molecule has 0 fully saturated rings. The van der Waals surface area contributed by atoms with Crippen molar-refractivity contribution < 1.29 is 9.53 Å². The monoisotopic (exact) mass is 376 g/mol. The van der Waals surface area contributed by atoms with Crippen LogP contribution in [-0.2, 0) is 11.3 Å². The van der Waals surface area contributed by atoms with E-state index in [0.717, 1.165) is 22.4 Å². The molecule has 0 saturated carbocycles. The molecule has 0 aliphatic rings. The number of amides is 1. The summed E-state index contributed by atoms with van der Waals surface area (Å²) in [6.45, 7) is 6.70. The molecule has 3 aromatic rings. The maximum absolute atomic E-state index is 12.7. The molecule has 28 heavy (non-hydrogen) atoms. The SMILES string of the molecule is COc1ccc2cc(CN(C)[C@@H](C)C(=O)Nc3ccc(C)cc3C)ccc2c1. The van der Waals surface area contributed by atoms with Gasteiger partial charge in [0.2, 0.25) is 5.91 Å². The molecule has 3 aromatic carbocycles. The number of rotatable bonds is 6. The summed E-state index contributed by atoms with van der Waals surface area (Å²) >= 11 is 0. The topological polar surface area (TPSA) is 41.6 Å². The second kappa shape index (κ2) is 8.44. The highest BCUT2D eigenvalue weighted by Crippen LogP contribution is 2.23. The van der Waals surface area contributed by atoms with Crippen LogP contribution in [0, 0.1) is 13.8 Å². The van der Waals surface area contributed by atoms with Crippen molar-refractivity contribution in [2.75, 3.05) is 19.5 Å². The van der Waals surface area contributed by atoms with Gasteiger partial charge in [0.25, 0.3) is 0 Å². The number of hydrogen-bond acceptors (Lipinski definition) is 3. The fraction of sp³-hybridized carbons (Fsp3) is 0.292. The molecule has 0 radical (unpaired) electrons. The van der Waals surface area contributed by atoms with Crippen molar-refractivity contribution in [3.63, 3.8) is 0 Å². The van der Waals surface area contributed by atoms with Crippen molar-refractivity contribution in [1.82, 2.24) is 4.90 Å². The Hall–Kier alpha value is -2.85. The molecular formula is C24H28N2O2. The Morgan fingerprint density at radius 3 is 2.46 bits per heavy atom. The molecular weight excluding hydrogens is 348 g/mol.